The molecule has 0 bridgehead atoms. The molecule has 2 N–H and O–H groups in total. The number of hydrogen-bond donors (Lipinski definition) is 2. The Bertz CT molecular complexity index is 1540. The third kappa shape index (κ3) is 4.28. The van der Waals surface area contributed by atoms with E-state index < -0.39 is 10.0 Å². The number of amides is 1. The summed E-state index contributed by atoms with van der Waals surface area (Å²) in [7, 11) is -1.07. The molecular formula is C27H24N2O5S. The quantitative estimate of drug-likeness (QED) is 0.382. The molecule has 0 aromatic heterocycles. The summed E-state index contributed by atoms with van der Waals surface area (Å²) >= 11 is 0. The second kappa shape index (κ2) is 8.96. The molecule has 5 rings (SSSR count). The van der Waals surface area contributed by atoms with E-state index in [1.54, 1.807) is 30.3 Å². The fourth-order valence-electron chi connectivity index (χ4n) is 4.48. The van der Waals surface area contributed by atoms with Gasteiger partial charge in [0, 0.05) is 16.9 Å². The van der Waals surface area contributed by atoms with Crippen molar-refractivity contribution >= 4 is 38.1 Å². The smallest absolute Gasteiger partial charge is 0.265 e. The Morgan fingerprint density at radius 2 is 1.54 bits per heavy atom. The fourth-order valence-corrected chi connectivity index (χ4v) is 5.73. The van der Waals surface area contributed by atoms with Crippen molar-refractivity contribution in [3.05, 3.63) is 89.5 Å². The number of carbonyl (C=O) groups excluding carboxylic acids is 1. The number of anilines is 2. The van der Waals surface area contributed by atoms with Crippen LogP contribution < -0.4 is 19.5 Å². The van der Waals surface area contributed by atoms with Crippen molar-refractivity contribution in [3.8, 4) is 11.5 Å². The molecule has 0 radical (unpaired) electrons. The van der Waals surface area contributed by atoms with Crippen molar-refractivity contribution in [1.29, 1.82) is 0 Å². The standard InChI is InChI=1S/C27H24N2O5S/c1-33-21-12-9-19(10-13-21)29-35(31,32)25-16-20(11-15-24(25)34-2)28-27(30)23-14-8-18-7-6-17-4-3-5-22(23)26(17)18/h3-5,8-16,29H,6-7H2,1-2H3,(H,28,30). The number of benzene rings is 4. The Morgan fingerprint density at radius 1 is 0.829 bits per heavy atom. The molecule has 1 aliphatic rings. The van der Waals surface area contributed by atoms with Crippen molar-refractivity contribution in [1.82, 2.24) is 0 Å². The predicted octanol–water partition coefficient (Wildman–Crippen LogP) is 5.01. The second-order valence-electron chi connectivity index (χ2n) is 8.27. The average molecular weight is 489 g/mol. The molecule has 0 saturated carbocycles. The highest BCUT2D eigenvalue weighted by molar-refractivity contribution is 7.92. The highest BCUT2D eigenvalue weighted by atomic mass is 32.2. The minimum atomic E-state index is -4.00. The highest BCUT2D eigenvalue weighted by Crippen LogP contribution is 2.34. The molecule has 35 heavy (non-hydrogen) atoms. The summed E-state index contributed by atoms with van der Waals surface area (Å²) in [4.78, 5) is 13.1. The molecule has 1 amide bonds. The first kappa shape index (κ1) is 22.7. The lowest BCUT2D eigenvalue weighted by Gasteiger charge is -2.14. The van der Waals surface area contributed by atoms with Gasteiger partial charge < -0.3 is 14.8 Å². The molecule has 7 nitrogen and oxygen atoms in total. The van der Waals surface area contributed by atoms with Gasteiger partial charge in [0.25, 0.3) is 15.9 Å². The highest BCUT2D eigenvalue weighted by Gasteiger charge is 2.22. The van der Waals surface area contributed by atoms with Gasteiger partial charge in [-0.2, -0.15) is 0 Å². The molecule has 0 unspecified atom stereocenters. The molecule has 4 aromatic carbocycles. The van der Waals surface area contributed by atoms with Crippen LogP contribution in [0.2, 0.25) is 0 Å². The van der Waals surface area contributed by atoms with E-state index >= 15 is 0 Å². The van der Waals surface area contributed by atoms with Crippen molar-refractivity contribution in [2.75, 3.05) is 24.3 Å². The zero-order valence-electron chi connectivity index (χ0n) is 19.3. The first-order chi connectivity index (χ1) is 16.9. The lowest BCUT2D eigenvalue weighted by atomic mass is 9.99. The maximum atomic E-state index is 13.2. The van der Waals surface area contributed by atoms with E-state index in [-0.39, 0.29) is 16.6 Å². The zero-order valence-corrected chi connectivity index (χ0v) is 20.1. The molecular weight excluding hydrogens is 464 g/mol. The largest absolute Gasteiger partial charge is 0.497 e. The zero-order chi connectivity index (χ0) is 24.6. The van der Waals surface area contributed by atoms with Gasteiger partial charge in [-0.25, -0.2) is 8.42 Å². The molecule has 0 aliphatic heterocycles. The first-order valence-corrected chi connectivity index (χ1v) is 12.6. The van der Waals surface area contributed by atoms with Gasteiger partial charge >= 0.3 is 0 Å². The summed E-state index contributed by atoms with van der Waals surface area (Å²) in [5.74, 6) is 0.463. The summed E-state index contributed by atoms with van der Waals surface area (Å²) in [6, 6.07) is 20.9. The summed E-state index contributed by atoms with van der Waals surface area (Å²) < 4.78 is 39.3. The number of carbonyl (C=O) groups is 1. The van der Waals surface area contributed by atoms with Crippen LogP contribution >= 0.6 is 0 Å². The number of methoxy groups -OCH3 is 2. The molecule has 8 heteroatoms. The van der Waals surface area contributed by atoms with Crippen LogP contribution in [0, 0.1) is 0 Å². The Balaban J connectivity index is 1.45. The summed E-state index contributed by atoms with van der Waals surface area (Å²) in [6.07, 6.45) is 1.94. The molecule has 0 heterocycles. The first-order valence-electron chi connectivity index (χ1n) is 11.1. The normalized spacial score (nSPS) is 12.4. The number of sulfonamides is 1. The lowest BCUT2D eigenvalue weighted by Crippen LogP contribution is -2.16. The summed E-state index contributed by atoms with van der Waals surface area (Å²) in [5.41, 5.74) is 3.75. The van der Waals surface area contributed by atoms with E-state index in [0.717, 1.165) is 23.6 Å². The van der Waals surface area contributed by atoms with Crippen LogP contribution in [0.25, 0.3) is 10.8 Å². The Morgan fingerprint density at radius 3 is 2.26 bits per heavy atom. The van der Waals surface area contributed by atoms with Crippen LogP contribution in [-0.2, 0) is 22.9 Å². The molecule has 0 spiro atoms. The Labute approximate surface area is 203 Å². The van der Waals surface area contributed by atoms with Crippen molar-refractivity contribution in [3.63, 3.8) is 0 Å². The minimum absolute atomic E-state index is 0.0889. The number of nitrogens with one attached hydrogen (secondary N) is 2. The van der Waals surface area contributed by atoms with E-state index in [1.165, 1.54) is 37.5 Å². The SMILES string of the molecule is COc1ccc(NS(=O)(=O)c2cc(NC(=O)c3ccc4c5c(cccc35)CC4)ccc2OC)cc1. The maximum Gasteiger partial charge on any atom is 0.265 e. The second-order valence-corrected chi connectivity index (χ2v) is 9.92. The van der Waals surface area contributed by atoms with Gasteiger partial charge in [-0.3, -0.25) is 9.52 Å². The molecule has 0 fully saturated rings. The fraction of sp³-hybridized carbons (Fsp3) is 0.148. The van der Waals surface area contributed by atoms with E-state index in [1.807, 2.05) is 24.3 Å². The van der Waals surface area contributed by atoms with E-state index in [0.29, 0.717) is 22.7 Å². The molecule has 1 aliphatic carbocycles. The number of hydrogen-bond acceptors (Lipinski definition) is 5. The van der Waals surface area contributed by atoms with Gasteiger partial charge in [0.15, 0.2) is 0 Å². The number of rotatable bonds is 7. The monoisotopic (exact) mass is 488 g/mol. The topological polar surface area (TPSA) is 93.7 Å². The van der Waals surface area contributed by atoms with E-state index in [4.69, 9.17) is 9.47 Å². The summed E-state index contributed by atoms with van der Waals surface area (Å²) in [6.45, 7) is 0. The Hall–Kier alpha value is -4.04. The summed E-state index contributed by atoms with van der Waals surface area (Å²) in [5, 5.41) is 4.89. The van der Waals surface area contributed by atoms with Gasteiger partial charge in [-0.15, -0.1) is 0 Å². The van der Waals surface area contributed by atoms with Crippen molar-refractivity contribution in [2.24, 2.45) is 0 Å². The predicted molar refractivity (Wildman–Crippen MR) is 136 cm³/mol. The van der Waals surface area contributed by atoms with Gasteiger partial charge in [-0.05, 0) is 83.3 Å². The molecule has 4 aromatic rings. The van der Waals surface area contributed by atoms with Crippen molar-refractivity contribution < 1.29 is 22.7 Å². The number of ether oxygens (including phenoxy) is 2. The van der Waals surface area contributed by atoms with Gasteiger partial charge in [0.05, 0.1) is 14.2 Å². The number of aryl methyl sites for hydroxylation is 2. The van der Waals surface area contributed by atoms with Crippen LogP contribution in [0.15, 0.2) is 77.7 Å². The van der Waals surface area contributed by atoms with E-state index in [9.17, 15) is 13.2 Å². The van der Waals surface area contributed by atoms with Crippen molar-refractivity contribution in [2.45, 2.75) is 17.7 Å². The molecule has 178 valence electrons. The van der Waals surface area contributed by atoms with Crippen LogP contribution in [0.3, 0.4) is 0 Å². The van der Waals surface area contributed by atoms with Crippen LogP contribution in [0.5, 0.6) is 11.5 Å². The maximum absolute atomic E-state index is 13.2. The van der Waals surface area contributed by atoms with Crippen LogP contribution in [-0.4, -0.2) is 28.5 Å². The molecule has 0 saturated heterocycles. The van der Waals surface area contributed by atoms with Crippen LogP contribution in [0.4, 0.5) is 11.4 Å². The van der Waals surface area contributed by atoms with Gasteiger partial charge in [0.2, 0.25) is 0 Å². The van der Waals surface area contributed by atoms with Gasteiger partial charge in [0.1, 0.15) is 16.4 Å². The lowest BCUT2D eigenvalue weighted by molar-refractivity contribution is 0.102. The van der Waals surface area contributed by atoms with E-state index in [2.05, 4.69) is 16.1 Å². The minimum Gasteiger partial charge on any atom is -0.497 e. The third-order valence-electron chi connectivity index (χ3n) is 6.17. The third-order valence-corrected chi connectivity index (χ3v) is 7.58. The average Bonchev–Trinajstić information content (AvgIpc) is 3.29. The Kier molecular flexibility index (Phi) is 5.82. The van der Waals surface area contributed by atoms with Gasteiger partial charge in [-0.1, -0.05) is 24.3 Å². The molecule has 0 atom stereocenters. The van der Waals surface area contributed by atoms with Crippen LogP contribution in [0.1, 0.15) is 21.5 Å².